The number of hydrogen-bond acceptors (Lipinski definition) is 6. The molecule has 0 fully saturated rings. The number of methoxy groups -OCH3 is 2. The second kappa shape index (κ2) is 9.81. The Kier molecular flexibility index (Phi) is 7.46. The normalized spacial score (nSPS) is 11.8. The zero-order chi connectivity index (χ0) is 21.6. The molecule has 1 heterocycles. The van der Waals surface area contributed by atoms with E-state index in [2.05, 4.69) is 10.4 Å². The van der Waals surface area contributed by atoms with Crippen LogP contribution in [0.3, 0.4) is 0 Å². The molecule has 0 unspecified atom stereocenters. The minimum absolute atomic E-state index is 0.140. The number of aromatic nitrogens is 2. The SMILES string of the molecule is COC(=O)[C@@H](CC(C)C)NC(=O)Cn1nc(-c2ccc(OC)cc2F)ccc1=O. The predicted octanol–water partition coefficient (Wildman–Crippen LogP) is 1.76. The van der Waals surface area contributed by atoms with Gasteiger partial charge in [0.2, 0.25) is 5.91 Å². The Labute approximate surface area is 167 Å². The molecule has 0 bridgehead atoms. The number of hydrogen-bond donors (Lipinski definition) is 1. The van der Waals surface area contributed by atoms with Crippen molar-refractivity contribution in [3.63, 3.8) is 0 Å². The number of amides is 1. The molecular formula is C20H24FN3O5. The quantitative estimate of drug-likeness (QED) is 0.672. The first-order valence-electron chi connectivity index (χ1n) is 9.04. The third-order valence-corrected chi connectivity index (χ3v) is 4.14. The Hall–Kier alpha value is -3.23. The molecule has 1 amide bonds. The lowest BCUT2D eigenvalue weighted by Gasteiger charge is -2.18. The number of nitrogens with zero attached hydrogens (tertiary/aromatic N) is 2. The topological polar surface area (TPSA) is 99.5 Å². The van der Waals surface area contributed by atoms with Crippen LogP contribution in [-0.4, -0.2) is 41.9 Å². The van der Waals surface area contributed by atoms with Crippen molar-refractivity contribution >= 4 is 11.9 Å². The van der Waals surface area contributed by atoms with Crippen LogP contribution in [0.15, 0.2) is 35.1 Å². The number of rotatable bonds is 8. The number of nitrogens with one attached hydrogen (secondary N) is 1. The first-order valence-corrected chi connectivity index (χ1v) is 9.04. The lowest BCUT2D eigenvalue weighted by molar-refractivity contribution is -0.145. The zero-order valence-electron chi connectivity index (χ0n) is 16.8. The second-order valence-corrected chi connectivity index (χ2v) is 6.83. The molecule has 9 heteroatoms. The minimum Gasteiger partial charge on any atom is -0.497 e. The summed E-state index contributed by atoms with van der Waals surface area (Å²) in [6.07, 6.45) is 0.387. The van der Waals surface area contributed by atoms with Crippen LogP contribution >= 0.6 is 0 Å². The highest BCUT2D eigenvalue weighted by Gasteiger charge is 2.23. The van der Waals surface area contributed by atoms with Crippen LogP contribution in [0.5, 0.6) is 5.75 Å². The maximum absolute atomic E-state index is 14.3. The van der Waals surface area contributed by atoms with Gasteiger partial charge in [-0.25, -0.2) is 13.9 Å². The van der Waals surface area contributed by atoms with Crippen molar-refractivity contribution in [1.82, 2.24) is 15.1 Å². The first-order chi connectivity index (χ1) is 13.7. The lowest BCUT2D eigenvalue weighted by Crippen LogP contribution is -2.44. The molecule has 156 valence electrons. The van der Waals surface area contributed by atoms with Crippen LogP contribution < -0.4 is 15.6 Å². The fourth-order valence-electron chi connectivity index (χ4n) is 2.74. The smallest absolute Gasteiger partial charge is 0.328 e. The average molecular weight is 405 g/mol. The van der Waals surface area contributed by atoms with E-state index in [1.54, 1.807) is 6.07 Å². The molecule has 1 N–H and O–H groups in total. The van der Waals surface area contributed by atoms with E-state index in [1.807, 2.05) is 13.8 Å². The maximum Gasteiger partial charge on any atom is 0.328 e. The highest BCUT2D eigenvalue weighted by molar-refractivity contribution is 5.84. The summed E-state index contributed by atoms with van der Waals surface area (Å²) < 4.78 is 24.9. The molecule has 0 aliphatic carbocycles. The molecule has 8 nitrogen and oxygen atoms in total. The Bertz CT molecular complexity index is 942. The summed E-state index contributed by atoms with van der Waals surface area (Å²) in [4.78, 5) is 36.3. The van der Waals surface area contributed by atoms with Crippen molar-refractivity contribution in [2.75, 3.05) is 14.2 Å². The largest absolute Gasteiger partial charge is 0.497 e. The standard InChI is InChI=1S/C20H24FN3O5/c1-12(2)9-17(20(27)29-4)22-18(25)11-24-19(26)8-7-16(23-24)14-6-5-13(28-3)10-15(14)21/h5-8,10,12,17H,9,11H2,1-4H3,(H,22,25)/t17-/m1/s1. The van der Waals surface area contributed by atoms with Gasteiger partial charge in [-0.05, 0) is 30.5 Å². The van der Waals surface area contributed by atoms with Crippen LogP contribution in [0.2, 0.25) is 0 Å². The van der Waals surface area contributed by atoms with Gasteiger partial charge in [0.1, 0.15) is 24.2 Å². The number of esters is 1. The van der Waals surface area contributed by atoms with E-state index in [4.69, 9.17) is 9.47 Å². The number of benzene rings is 1. The molecule has 0 aliphatic rings. The van der Waals surface area contributed by atoms with Crippen molar-refractivity contribution in [2.24, 2.45) is 5.92 Å². The van der Waals surface area contributed by atoms with Gasteiger partial charge in [-0.3, -0.25) is 9.59 Å². The van der Waals surface area contributed by atoms with Gasteiger partial charge >= 0.3 is 5.97 Å². The van der Waals surface area contributed by atoms with E-state index in [1.165, 1.54) is 38.5 Å². The van der Waals surface area contributed by atoms with E-state index in [9.17, 15) is 18.8 Å². The molecule has 0 saturated carbocycles. The van der Waals surface area contributed by atoms with Gasteiger partial charge in [-0.1, -0.05) is 13.8 Å². The van der Waals surface area contributed by atoms with Gasteiger partial charge < -0.3 is 14.8 Å². The predicted molar refractivity (Wildman–Crippen MR) is 104 cm³/mol. The molecule has 2 rings (SSSR count). The molecule has 0 saturated heterocycles. The number of carbonyl (C=O) groups excluding carboxylic acids is 2. The lowest BCUT2D eigenvalue weighted by atomic mass is 10.0. The fourth-order valence-corrected chi connectivity index (χ4v) is 2.74. The summed E-state index contributed by atoms with van der Waals surface area (Å²) in [5, 5.41) is 6.64. The molecule has 1 aromatic carbocycles. The highest BCUT2D eigenvalue weighted by Crippen LogP contribution is 2.24. The summed E-state index contributed by atoms with van der Waals surface area (Å²) >= 11 is 0. The Balaban J connectivity index is 2.22. The Morgan fingerprint density at radius 1 is 1.21 bits per heavy atom. The summed E-state index contributed by atoms with van der Waals surface area (Å²) in [6, 6.07) is 5.98. The number of halogens is 1. The second-order valence-electron chi connectivity index (χ2n) is 6.83. The van der Waals surface area contributed by atoms with Gasteiger partial charge in [-0.2, -0.15) is 5.10 Å². The Morgan fingerprint density at radius 3 is 2.52 bits per heavy atom. The van der Waals surface area contributed by atoms with Crippen molar-refractivity contribution in [3.8, 4) is 17.0 Å². The van der Waals surface area contributed by atoms with Gasteiger partial charge in [0.05, 0.1) is 19.9 Å². The van der Waals surface area contributed by atoms with Crippen molar-refractivity contribution < 1.29 is 23.5 Å². The molecular weight excluding hydrogens is 381 g/mol. The monoisotopic (exact) mass is 405 g/mol. The third-order valence-electron chi connectivity index (χ3n) is 4.14. The zero-order valence-corrected chi connectivity index (χ0v) is 16.8. The molecule has 29 heavy (non-hydrogen) atoms. The van der Waals surface area contributed by atoms with E-state index in [-0.39, 0.29) is 17.2 Å². The number of ether oxygens (including phenoxy) is 2. The molecule has 0 radical (unpaired) electrons. The van der Waals surface area contributed by atoms with E-state index >= 15 is 0 Å². The number of carbonyl (C=O) groups is 2. The van der Waals surface area contributed by atoms with Crippen LogP contribution in [0.4, 0.5) is 4.39 Å². The van der Waals surface area contributed by atoms with Crippen LogP contribution in [0.25, 0.3) is 11.3 Å². The van der Waals surface area contributed by atoms with Crippen LogP contribution in [0, 0.1) is 11.7 Å². The van der Waals surface area contributed by atoms with E-state index in [0.29, 0.717) is 12.2 Å². The van der Waals surface area contributed by atoms with E-state index in [0.717, 1.165) is 4.68 Å². The molecule has 1 aromatic heterocycles. The average Bonchev–Trinajstić information content (AvgIpc) is 2.68. The first kappa shape index (κ1) is 22.1. The van der Waals surface area contributed by atoms with Crippen molar-refractivity contribution in [3.05, 3.63) is 46.5 Å². The maximum atomic E-state index is 14.3. The van der Waals surface area contributed by atoms with E-state index < -0.39 is 35.8 Å². The summed E-state index contributed by atoms with van der Waals surface area (Å²) in [7, 11) is 2.66. The van der Waals surface area contributed by atoms with Crippen LogP contribution in [0.1, 0.15) is 20.3 Å². The summed E-state index contributed by atoms with van der Waals surface area (Å²) in [5.41, 5.74) is -0.187. The van der Waals surface area contributed by atoms with Gasteiger partial charge in [0.25, 0.3) is 5.56 Å². The third kappa shape index (κ3) is 5.87. The summed E-state index contributed by atoms with van der Waals surface area (Å²) in [5.74, 6) is -1.24. The summed E-state index contributed by atoms with van der Waals surface area (Å²) in [6.45, 7) is 3.39. The molecule has 2 aromatic rings. The Morgan fingerprint density at radius 2 is 1.93 bits per heavy atom. The van der Waals surface area contributed by atoms with Gasteiger partial charge in [0.15, 0.2) is 0 Å². The minimum atomic E-state index is -0.828. The van der Waals surface area contributed by atoms with Gasteiger partial charge in [0, 0.05) is 17.7 Å². The molecule has 0 aliphatic heterocycles. The van der Waals surface area contributed by atoms with Crippen LogP contribution in [-0.2, 0) is 20.9 Å². The molecule has 0 spiro atoms. The van der Waals surface area contributed by atoms with Gasteiger partial charge in [-0.15, -0.1) is 0 Å². The highest BCUT2D eigenvalue weighted by atomic mass is 19.1. The molecule has 1 atom stereocenters. The fraction of sp³-hybridized carbons (Fsp3) is 0.400. The van der Waals surface area contributed by atoms with Crippen molar-refractivity contribution in [2.45, 2.75) is 32.9 Å². The van der Waals surface area contributed by atoms with Crippen molar-refractivity contribution in [1.29, 1.82) is 0 Å².